The SMILES string of the molecule is CCC(CC)NC(=O)C(C)Oc1ccc(C)cc1CNC. The molecule has 0 spiro atoms. The molecule has 0 heterocycles. The molecule has 1 atom stereocenters. The molecule has 118 valence electrons. The van der Waals surface area contributed by atoms with Crippen LogP contribution in [0.5, 0.6) is 5.75 Å². The Balaban J connectivity index is 2.73. The minimum atomic E-state index is -0.496. The fourth-order valence-corrected chi connectivity index (χ4v) is 2.21. The maximum atomic E-state index is 12.2. The van der Waals surface area contributed by atoms with Crippen LogP contribution >= 0.6 is 0 Å². The Morgan fingerprint density at radius 3 is 2.52 bits per heavy atom. The summed E-state index contributed by atoms with van der Waals surface area (Å²) in [7, 11) is 1.90. The number of ether oxygens (including phenoxy) is 1. The van der Waals surface area contributed by atoms with Crippen LogP contribution in [0.4, 0.5) is 0 Å². The molecule has 2 N–H and O–H groups in total. The van der Waals surface area contributed by atoms with E-state index in [9.17, 15) is 4.79 Å². The zero-order valence-electron chi connectivity index (χ0n) is 13.8. The number of amides is 1. The van der Waals surface area contributed by atoms with E-state index in [0.29, 0.717) is 0 Å². The normalized spacial score (nSPS) is 12.3. The van der Waals surface area contributed by atoms with E-state index in [1.54, 1.807) is 6.92 Å². The lowest BCUT2D eigenvalue weighted by Gasteiger charge is -2.21. The molecule has 1 amide bonds. The Bertz CT molecular complexity index is 456. The molecule has 0 bridgehead atoms. The summed E-state index contributed by atoms with van der Waals surface area (Å²) in [5.74, 6) is 0.710. The Morgan fingerprint density at radius 2 is 1.95 bits per heavy atom. The second kappa shape index (κ2) is 8.67. The van der Waals surface area contributed by atoms with Crippen molar-refractivity contribution in [3.63, 3.8) is 0 Å². The lowest BCUT2D eigenvalue weighted by atomic mass is 10.1. The largest absolute Gasteiger partial charge is 0.481 e. The second-order valence-electron chi connectivity index (χ2n) is 5.42. The monoisotopic (exact) mass is 292 g/mol. The van der Waals surface area contributed by atoms with Crippen LogP contribution < -0.4 is 15.4 Å². The number of benzene rings is 1. The average Bonchev–Trinajstić information content (AvgIpc) is 2.47. The van der Waals surface area contributed by atoms with Crippen molar-refractivity contribution in [3.05, 3.63) is 29.3 Å². The van der Waals surface area contributed by atoms with Crippen LogP contribution in [0.2, 0.25) is 0 Å². The van der Waals surface area contributed by atoms with Crippen molar-refractivity contribution >= 4 is 5.91 Å². The Kier molecular flexibility index (Phi) is 7.23. The van der Waals surface area contributed by atoms with Crippen molar-refractivity contribution in [2.45, 2.75) is 59.2 Å². The fraction of sp³-hybridized carbons (Fsp3) is 0.588. The molecule has 0 saturated heterocycles. The molecule has 0 aliphatic rings. The first kappa shape index (κ1) is 17.5. The van der Waals surface area contributed by atoms with Gasteiger partial charge in [0.05, 0.1) is 0 Å². The van der Waals surface area contributed by atoms with Gasteiger partial charge in [-0.2, -0.15) is 0 Å². The summed E-state index contributed by atoms with van der Waals surface area (Å²) in [4.78, 5) is 12.2. The van der Waals surface area contributed by atoms with E-state index in [0.717, 1.165) is 30.7 Å². The van der Waals surface area contributed by atoms with Gasteiger partial charge in [0.2, 0.25) is 0 Å². The standard InChI is InChI=1S/C17H28N2O2/c1-6-15(7-2)19-17(20)13(4)21-16-9-8-12(3)10-14(16)11-18-5/h8-10,13,15,18H,6-7,11H2,1-5H3,(H,19,20). The summed E-state index contributed by atoms with van der Waals surface area (Å²) < 4.78 is 5.85. The van der Waals surface area contributed by atoms with Crippen molar-refractivity contribution in [1.82, 2.24) is 10.6 Å². The molecule has 0 fully saturated rings. The van der Waals surface area contributed by atoms with E-state index in [1.807, 2.05) is 26.1 Å². The summed E-state index contributed by atoms with van der Waals surface area (Å²) in [5.41, 5.74) is 2.25. The van der Waals surface area contributed by atoms with Gasteiger partial charge in [0, 0.05) is 18.2 Å². The van der Waals surface area contributed by atoms with Gasteiger partial charge in [-0.05, 0) is 39.8 Å². The highest BCUT2D eigenvalue weighted by Gasteiger charge is 2.18. The van der Waals surface area contributed by atoms with Gasteiger partial charge in [-0.25, -0.2) is 0 Å². The minimum Gasteiger partial charge on any atom is -0.481 e. The topological polar surface area (TPSA) is 50.4 Å². The quantitative estimate of drug-likeness (QED) is 0.774. The van der Waals surface area contributed by atoms with Crippen LogP contribution in [0.25, 0.3) is 0 Å². The summed E-state index contributed by atoms with van der Waals surface area (Å²) in [6.07, 6.45) is 1.37. The molecule has 1 unspecified atom stereocenters. The smallest absolute Gasteiger partial charge is 0.260 e. The van der Waals surface area contributed by atoms with E-state index in [-0.39, 0.29) is 11.9 Å². The molecular formula is C17H28N2O2. The molecule has 0 saturated carbocycles. The maximum absolute atomic E-state index is 12.2. The van der Waals surface area contributed by atoms with E-state index in [2.05, 4.69) is 30.5 Å². The highest BCUT2D eigenvalue weighted by molar-refractivity contribution is 5.81. The molecule has 1 rings (SSSR count). The van der Waals surface area contributed by atoms with Gasteiger partial charge in [0.1, 0.15) is 5.75 Å². The average molecular weight is 292 g/mol. The Hall–Kier alpha value is -1.55. The first-order valence-corrected chi connectivity index (χ1v) is 7.72. The van der Waals surface area contributed by atoms with E-state index < -0.39 is 6.10 Å². The molecule has 0 radical (unpaired) electrons. The second-order valence-corrected chi connectivity index (χ2v) is 5.42. The van der Waals surface area contributed by atoms with Gasteiger partial charge in [-0.1, -0.05) is 31.5 Å². The molecular weight excluding hydrogens is 264 g/mol. The number of aryl methyl sites for hydroxylation is 1. The van der Waals surface area contributed by atoms with E-state index in [1.165, 1.54) is 5.56 Å². The molecule has 1 aromatic carbocycles. The molecule has 0 aromatic heterocycles. The van der Waals surface area contributed by atoms with Crippen LogP contribution in [0.1, 0.15) is 44.7 Å². The highest BCUT2D eigenvalue weighted by Crippen LogP contribution is 2.21. The van der Waals surface area contributed by atoms with Gasteiger partial charge >= 0.3 is 0 Å². The zero-order chi connectivity index (χ0) is 15.8. The molecule has 21 heavy (non-hydrogen) atoms. The third kappa shape index (κ3) is 5.38. The van der Waals surface area contributed by atoms with Crippen molar-refractivity contribution in [2.24, 2.45) is 0 Å². The maximum Gasteiger partial charge on any atom is 0.260 e. The first-order chi connectivity index (χ1) is 10.0. The number of rotatable bonds is 8. The van der Waals surface area contributed by atoms with E-state index >= 15 is 0 Å². The van der Waals surface area contributed by atoms with Gasteiger partial charge < -0.3 is 15.4 Å². The first-order valence-electron chi connectivity index (χ1n) is 7.72. The van der Waals surface area contributed by atoms with Crippen molar-refractivity contribution in [2.75, 3.05) is 7.05 Å². The third-order valence-electron chi connectivity index (χ3n) is 3.59. The molecule has 1 aromatic rings. The summed E-state index contributed by atoms with van der Waals surface area (Å²) in [6, 6.07) is 6.23. The number of hydrogen-bond donors (Lipinski definition) is 2. The lowest BCUT2D eigenvalue weighted by molar-refractivity contribution is -0.128. The molecule has 4 nitrogen and oxygen atoms in total. The molecule has 4 heteroatoms. The fourth-order valence-electron chi connectivity index (χ4n) is 2.21. The van der Waals surface area contributed by atoms with Gasteiger partial charge in [-0.15, -0.1) is 0 Å². The van der Waals surface area contributed by atoms with Gasteiger partial charge in [0.25, 0.3) is 5.91 Å². The predicted octanol–water partition coefficient (Wildman–Crippen LogP) is 2.79. The number of nitrogens with one attached hydrogen (secondary N) is 2. The highest BCUT2D eigenvalue weighted by atomic mass is 16.5. The van der Waals surface area contributed by atoms with Crippen LogP contribution in [0.15, 0.2) is 18.2 Å². The van der Waals surface area contributed by atoms with Crippen molar-refractivity contribution in [3.8, 4) is 5.75 Å². The zero-order valence-corrected chi connectivity index (χ0v) is 13.8. The number of hydrogen-bond acceptors (Lipinski definition) is 3. The number of carbonyl (C=O) groups excluding carboxylic acids is 1. The molecule has 0 aliphatic carbocycles. The van der Waals surface area contributed by atoms with Crippen molar-refractivity contribution in [1.29, 1.82) is 0 Å². The van der Waals surface area contributed by atoms with Crippen LogP contribution in [-0.2, 0) is 11.3 Å². The summed E-state index contributed by atoms with van der Waals surface area (Å²) in [6.45, 7) is 8.71. The lowest BCUT2D eigenvalue weighted by Crippen LogP contribution is -2.42. The minimum absolute atomic E-state index is 0.0558. The van der Waals surface area contributed by atoms with Crippen LogP contribution in [0, 0.1) is 6.92 Å². The van der Waals surface area contributed by atoms with Gasteiger partial charge in [0.15, 0.2) is 6.10 Å². The van der Waals surface area contributed by atoms with Crippen molar-refractivity contribution < 1.29 is 9.53 Å². The summed E-state index contributed by atoms with van der Waals surface area (Å²) in [5, 5.41) is 6.14. The van der Waals surface area contributed by atoms with E-state index in [4.69, 9.17) is 4.74 Å². The third-order valence-corrected chi connectivity index (χ3v) is 3.59. The number of carbonyl (C=O) groups is 1. The van der Waals surface area contributed by atoms with Crippen LogP contribution in [-0.4, -0.2) is 25.1 Å². The predicted molar refractivity (Wildman–Crippen MR) is 86.5 cm³/mol. The Labute approximate surface area is 128 Å². The summed E-state index contributed by atoms with van der Waals surface area (Å²) >= 11 is 0. The van der Waals surface area contributed by atoms with Crippen LogP contribution in [0.3, 0.4) is 0 Å². The Morgan fingerprint density at radius 1 is 1.29 bits per heavy atom. The molecule has 0 aliphatic heterocycles. The van der Waals surface area contributed by atoms with Gasteiger partial charge in [-0.3, -0.25) is 4.79 Å².